The van der Waals surface area contributed by atoms with Gasteiger partial charge in [-0.2, -0.15) is 0 Å². The van der Waals surface area contributed by atoms with E-state index in [2.05, 4.69) is 0 Å². The second kappa shape index (κ2) is 5.86. The zero-order chi connectivity index (χ0) is 19.2. The van der Waals surface area contributed by atoms with Gasteiger partial charge in [0, 0.05) is 0 Å². The zero-order valence-electron chi connectivity index (χ0n) is 15.3. The number of cyclic esters (lactones) is 4. The Labute approximate surface area is 161 Å². The molecule has 0 aromatic rings. The summed E-state index contributed by atoms with van der Waals surface area (Å²) in [6.45, 7) is 0.833. The van der Waals surface area contributed by atoms with Crippen LogP contribution < -0.4 is 0 Å². The van der Waals surface area contributed by atoms with Crippen molar-refractivity contribution in [3.8, 4) is 0 Å². The van der Waals surface area contributed by atoms with Crippen LogP contribution in [0.25, 0.3) is 0 Å². The van der Waals surface area contributed by atoms with Crippen molar-refractivity contribution in [3.05, 3.63) is 0 Å². The zero-order valence-corrected chi connectivity index (χ0v) is 15.3. The predicted octanol–water partition coefficient (Wildman–Crippen LogP) is 0.468. The van der Waals surface area contributed by atoms with E-state index in [1.54, 1.807) is 0 Å². The maximum atomic E-state index is 11.9. The van der Waals surface area contributed by atoms with Gasteiger partial charge in [-0.25, -0.2) is 0 Å². The number of hydrogen-bond donors (Lipinski definition) is 0. The number of rotatable bonds is 5. The summed E-state index contributed by atoms with van der Waals surface area (Å²) in [7, 11) is 0. The highest BCUT2D eigenvalue weighted by atomic mass is 16.6. The van der Waals surface area contributed by atoms with Gasteiger partial charge in [-0.05, 0) is 49.4 Å². The molecule has 0 spiro atoms. The molecule has 2 aliphatic heterocycles. The summed E-state index contributed by atoms with van der Waals surface area (Å²) >= 11 is 0. The van der Waals surface area contributed by atoms with Crippen LogP contribution >= 0.6 is 0 Å². The Morgan fingerprint density at radius 3 is 1.43 bits per heavy atom. The number of esters is 4. The first kappa shape index (κ1) is 17.1. The highest BCUT2D eigenvalue weighted by Gasteiger charge is 2.64. The standard InChI is InChI=1S/C20H22O8/c21-17-13-7-3-9(15(13)19(23)27-17)11(5-7)25-1-2-26-12-6-8-4-10(12)16-14(8)18(22)28-20(16)24/h7-16H,1-6H2/t7-,8-,9+,10+,11?,12?,13?,14?,15?,16?/m0/s1. The van der Waals surface area contributed by atoms with Crippen LogP contribution in [0.1, 0.15) is 25.7 Å². The molecule has 150 valence electrons. The molecule has 2 heterocycles. The van der Waals surface area contributed by atoms with E-state index >= 15 is 0 Å². The molecule has 4 aliphatic carbocycles. The third-order valence-electron chi connectivity index (χ3n) is 8.13. The third-order valence-corrected chi connectivity index (χ3v) is 8.13. The molecule has 2 saturated heterocycles. The normalized spacial score (nSPS) is 50.3. The number of ether oxygens (including phenoxy) is 4. The van der Waals surface area contributed by atoms with Gasteiger partial charge >= 0.3 is 23.9 Å². The Kier molecular flexibility index (Phi) is 3.57. The Morgan fingerprint density at radius 2 is 1.00 bits per heavy atom. The molecule has 28 heavy (non-hydrogen) atoms. The molecule has 6 aliphatic rings. The van der Waals surface area contributed by atoms with Crippen molar-refractivity contribution < 1.29 is 38.1 Å². The molecule has 4 saturated carbocycles. The average molecular weight is 390 g/mol. The molecule has 0 aromatic carbocycles. The highest BCUT2D eigenvalue weighted by Crippen LogP contribution is 2.57. The van der Waals surface area contributed by atoms with Crippen LogP contribution in [0.2, 0.25) is 0 Å². The van der Waals surface area contributed by atoms with E-state index < -0.39 is 0 Å². The van der Waals surface area contributed by atoms with E-state index in [9.17, 15) is 19.2 Å². The van der Waals surface area contributed by atoms with Crippen molar-refractivity contribution in [3.63, 3.8) is 0 Å². The van der Waals surface area contributed by atoms with Crippen LogP contribution in [0.5, 0.6) is 0 Å². The lowest BCUT2D eigenvalue weighted by Gasteiger charge is -2.29. The molecule has 8 heteroatoms. The van der Waals surface area contributed by atoms with Gasteiger partial charge in [-0.1, -0.05) is 0 Å². The van der Waals surface area contributed by atoms with Crippen LogP contribution in [0, 0.1) is 47.3 Å². The fraction of sp³-hybridized carbons (Fsp3) is 0.800. The highest BCUT2D eigenvalue weighted by molar-refractivity contribution is 5.98. The SMILES string of the molecule is O=C1OC(=O)C2C1[C@@H]1CC(OCCOC3C[C@@H]4C[C@H]3C3C(=O)OC(=O)C34)[C@H]2C1. The van der Waals surface area contributed by atoms with E-state index in [0.717, 1.165) is 25.7 Å². The maximum absolute atomic E-state index is 11.9. The average Bonchev–Trinajstić information content (AvgIpc) is 3.45. The fourth-order valence-electron chi connectivity index (χ4n) is 7.18. The lowest BCUT2D eigenvalue weighted by atomic mass is 9.79. The van der Waals surface area contributed by atoms with Crippen LogP contribution in [-0.4, -0.2) is 49.3 Å². The minimum Gasteiger partial charge on any atom is -0.393 e. The minimum atomic E-state index is -0.387. The first-order valence-corrected chi connectivity index (χ1v) is 10.3. The lowest BCUT2D eigenvalue weighted by Crippen LogP contribution is -2.37. The number of carbonyl (C=O) groups excluding carboxylic acids is 4. The molecule has 6 fully saturated rings. The Balaban J connectivity index is 1.01. The Bertz CT molecular complexity index is 712. The topological polar surface area (TPSA) is 105 Å². The molecular formula is C20H22O8. The Hall–Kier alpha value is -1.80. The van der Waals surface area contributed by atoms with Crippen LogP contribution in [0.15, 0.2) is 0 Å². The van der Waals surface area contributed by atoms with Crippen molar-refractivity contribution >= 4 is 23.9 Å². The van der Waals surface area contributed by atoms with Crippen LogP contribution in [-0.2, 0) is 38.1 Å². The number of hydrogen-bond acceptors (Lipinski definition) is 8. The van der Waals surface area contributed by atoms with E-state index in [-0.39, 0.29) is 83.4 Å². The molecule has 6 unspecified atom stereocenters. The number of carbonyl (C=O) groups is 4. The molecule has 4 bridgehead atoms. The smallest absolute Gasteiger partial charge is 0.317 e. The van der Waals surface area contributed by atoms with Gasteiger partial charge in [0.25, 0.3) is 0 Å². The molecule has 0 N–H and O–H groups in total. The van der Waals surface area contributed by atoms with Gasteiger partial charge < -0.3 is 18.9 Å². The Morgan fingerprint density at radius 1 is 0.607 bits per heavy atom. The van der Waals surface area contributed by atoms with Crippen LogP contribution in [0.3, 0.4) is 0 Å². The summed E-state index contributed by atoms with van der Waals surface area (Å²) in [5.74, 6) is -2.16. The molecule has 0 aromatic heterocycles. The van der Waals surface area contributed by atoms with Gasteiger partial charge in [0.1, 0.15) is 0 Å². The van der Waals surface area contributed by atoms with Gasteiger partial charge in [-0.15, -0.1) is 0 Å². The van der Waals surface area contributed by atoms with Crippen molar-refractivity contribution in [1.29, 1.82) is 0 Å². The quantitative estimate of drug-likeness (QED) is 0.379. The van der Waals surface area contributed by atoms with Crippen molar-refractivity contribution in [1.82, 2.24) is 0 Å². The molecule has 6 rings (SSSR count). The molecular weight excluding hydrogens is 368 g/mol. The summed E-state index contributed by atoms with van der Waals surface area (Å²) in [5.41, 5.74) is 0. The summed E-state index contributed by atoms with van der Waals surface area (Å²) in [4.78, 5) is 47.5. The van der Waals surface area contributed by atoms with Gasteiger partial charge in [0.15, 0.2) is 0 Å². The first-order valence-electron chi connectivity index (χ1n) is 10.3. The van der Waals surface area contributed by atoms with E-state index in [0.29, 0.717) is 13.2 Å². The summed E-state index contributed by atoms with van der Waals surface area (Å²) in [6, 6.07) is 0. The second-order valence-corrected chi connectivity index (χ2v) is 9.19. The molecule has 0 radical (unpaired) electrons. The minimum absolute atomic E-state index is 0.0276. The van der Waals surface area contributed by atoms with Gasteiger partial charge in [0.05, 0.1) is 49.1 Å². The number of fused-ring (bicyclic) bond motifs is 10. The van der Waals surface area contributed by atoms with Crippen molar-refractivity contribution in [2.24, 2.45) is 47.3 Å². The monoisotopic (exact) mass is 390 g/mol. The first-order chi connectivity index (χ1) is 13.5. The van der Waals surface area contributed by atoms with Gasteiger partial charge in [-0.3, -0.25) is 19.2 Å². The van der Waals surface area contributed by atoms with Crippen molar-refractivity contribution in [2.75, 3.05) is 13.2 Å². The van der Waals surface area contributed by atoms with E-state index in [1.807, 2.05) is 0 Å². The van der Waals surface area contributed by atoms with Gasteiger partial charge in [0.2, 0.25) is 0 Å². The molecule has 8 nitrogen and oxygen atoms in total. The largest absolute Gasteiger partial charge is 0.393 e. The third kappa shape index (κ3) is 2.19. The maximum Gasteiger partial charge on any atom is 0.317 e. The summed E-state index contributed by atoms with van der Waals surface area (Å²) < 4.78 is 21.6. The fourth-order valence-corrected chi connectivity index (χ4v) is 7.18. The molecule has 10 atom stereocenters. The lowest BCUT2D eigenvalue weighted by molar-refractivity contribution is -0.156. The van der Waals surface area contributed by atoms with Crippen molar-refractivity contribution in [2.45, 2.75) is 37.9 Å². The summed E-state index contributed by atoms with van der Waals surface area (Å²) in [5, 5.41) is 0. The van der Waals surface area contributed by atoms with Crippen LogP contribution in [0.4, 0.5) is 0 Å². The predicted molar refractivity (Wildman–Crippen MR) is 88.1 cm³/mol. The summed E-state index contributed by atoms with van der Waals surface area (Å²) in [6.07, 6.45) is 3.24. The molecule has 0 amide bonds. The second-order valence-electron chi connectivity index (χ2n) is 9.19. The van der Waals surface area contributed by atoms with E-state index in [4.69, 9.17) is 18.9 Å². The van der Waals surface area contributed by atoms with E-state index in [1.165, 1.54) is 0 Å².